The van der Waals surface area contributed by atoms with E-state index in [1.807, 2.05) is 0 Å². The molecule has 0 amide bonds. The van der Waals surface area contributed by atoms with E-state index in [-0.39, 0.29) is 158 Å². The molecule has 0 heterocycles. The second-order valence-electron chi connectivity index (χ2n) is 13.4. The van der Waals surface area contributed by atoms with Gasteiger partial charge in [-0.05, 0) is 83.9 Å². The molecule has 26 nitrogen and oxygen atoms in total. The van der Waals surface area contributed by atoms with Crippen molar-refractivity contribution in [3.8, 4) is 17.2 Å². The van der Waals surface area contributed by atoms with Gasteiger partial charge < -0.3 is 33.5 Å². The molecule has 0 bridgehead atoms. The van der Waals surface area contributed by atoms with E-state index in [1.54, 1.807) is 0 Å². The zero-order chi connectivity index (χ0) is 50.7. The third kappa shape index (κ3) is 18.3. The molecular weight excluding hydrogens is 1170 g/mol. The first-order valence-electron chi connectivity index (χ1n) is 18.1. The van der Waals surface area contributed by atoms with Gasteiger partial charge in [-0.25, -0.2) is 33.7 Å². The Hall–Kier alpha value is -3.07. The molecule has 0 aliphatic carbocycles. The van der Waals surface area contributed by atoms with E-state index < -0.39 is 126 Å². The topological polar surface area (TPSA) is 451 Å². The number of nitrogens with zero attached hydrogens (tertiary/aromatic N) is 8. The fourth-order valence-corrected chi connectivity index (χ4v) is 8.67. The maximum atomic E-state index is 13.0. The summed E-state index contributed by atoms with van der Waals surface area (Å²) in [6.07, 6.45) is 1.87. The van der Waals surface area contributed by atoms with Crippen molar-refractivity contribution in [3.63, 3.8) is 0 Å². The first-order valence-corrected chi connectivity index (χ1v) is 25.2. The second-order valence-corrected chi connectivity index (χ2v) is 20.2. The van der Waals surface area contributed by atoms with Gasteiger partial charge in [-0.15, -0.1) is 10.2 Å². The van der Waals surface area contributed by atoms with Crippen molar-refractivity contribution >= 4 is 108 Å². The Morgan fingerprint density at radius 3 is 1.28 bits per heavy atom. The van der Waals surface area contributed by atoms with Crippen LogP contribution >= 0.6 is 0 Å². The van der Waals surface area contributed by atoms with Crippen LogP contribution in [-0.2, 0) is 67.7 Å². The van der Waals surface area contributed by atoms with E-state index in [9.17, 15) is 80.2 Å². The maximum Gasteiger partial charge on any atom is 2.00 e. The summed E-state index contributed by atoms with van der Waals surface area (Å²) in [6.45, 7) is 0. The van der Waals surface area contributed by atoms with E-state index in [0.29, 0.717) is 12.1 Å². The minimum Gasteiger partial charge on any atom is -0.871 e. The van der Waals surface area contributed by atoms with Gasteiger partial charge in [0.15, 0.2) is 0 Å². The first kappa shape index (κ1) is 68.9. The fraction of sp³-hybridized carbons (Fsp3) is 0. The molecule has 0 aliphatic rings. The van der Waals surface area contributed by atoms with Crippen molar-refractivity contribution in [3.05, 3.63) is 120 Å². The van der Waals surface area contributed by atoms with E-state index in [1.165, 1.54) is 12.1 Å². The molecule has 367 valence electrons. The summed E-state index contributed by atoms with van der Waals surface area (Å²) in [5, 5.41) is 66.6. The van der Waals surface area contributed by atoms with Crippen molar-refractivity contribution < 1.29 is 215 Å². The Bertz CT molecular complexity index is 3840. The Morgan fingerprint density at radius 2 is 0.797 bits per heavy atom. The van der Waals surface area contributed by atoms with Crippen LogP contribution in [0, 0.1) is 0 Å². The molecule has 0 unspecified atom stereocenters. The van der Waals surface area contributed by atoms with Gasteiger partial charge in [-0.2, -0.15) is 39.1 Å². The van der Waals surface area contributed by atoms with E-state index in [2.05, 4.69) is 40.9 Å². The molecule has 1 radical (unpaired) electrons. The average molecular weight is 1190 g/mol. The summed E-state index contributed by atoms with van der Waals surface area (Å²) >= 11 is 0. The molecule has 0 spiro atoms. The Balaban J connectivity index is 0.00000548. The van der Waals surface area contributed by atoms with Gasteiger partial charge in [-0.3, -0.25) is 4.55 Å². The largest absolute Gasteiger partial charge is 2.00 e. The maximum absolute atomic E-state index is 13.0. The predicted molar refractivity (Wildman–Crippen MR) is 224 cm³/mol. The molecule has 0 aromatic heterocycles. The van der Waals surface area contributed by atoms with E-state index in [4.69, 9.17) is 0 Å². The average Bonchev–Trinajstić information content (AvgIpc) is 3.26. The summed E-state index contributed by atoms with van der Waals surface area (Å²) in [7, 11) is -25.8. The van der Waals surface area contributed by atoms with Crippen LogP contribution in [0.2, 0.25) is 0 Å². The van der Waals surface area contributed by atoms with Gasteiger partial charge in [0, 0.05) is 0 Å². The first-order chi connectivity index (χ1) is 32.1. The molecule has 0 saturated heterocycles. The fourth-order valence-electron chi connectivity index (χ4n) is 5.55. The molecule has 0 fully saturated rings. The second kappa shape index (κ2) is 28.0. The van der Waals surface area contributed by atoms with Gasteiger partial charge in [0.2, 0.25) is 0 Å². The Morgan fingerprint density at radius 1 is 0.392 bits per heavy atom. The normalized spacial score (nSPS) is 12.3. The van der Waals surface area contributed by atoms with Gasteiger partial charge in [0.05, 0.1) is 53.7 Å². The summed E-state index contributed by atoms with van der Waals surface area (Å²) in [5.74, 6) is -3.12. The van der Waals surface area contributed by atoms with Crippen LogP contribution in [-0.4, -0.2) is 64.9 Å². The number of hydrogen-bond acceptors (Lipinski definition) is 25. The number of hydrogen-bond donors (Lipinski definition) is 1. The Kier molecular flexibility index (Phi) is 26.1. The molecule has 0 saturated carbocycles. The number of azo groups is 4. The van der Waals surface area contributed by atoms with Crippen molar-refractivity contribution in [2.24, 2.45) is 40.9 Å². The van der Waals surface area contributed by atoms with E-state index >= 15 is 0 Å². The van der Waals surface area contributed by atoms with Crippen LogP contribution in [0.3, 0.4) is 0 Å². The van der Waals surface area contributed by atoms with Crippen LogP contribution in [0.25, 0.3) is 12.2 Å². The molecular formula is C38H21CuN8Na4O18S5-. The van der Waals surface area contributed by atoms with Gasteiger partial charge in [0.25, 0.3) is 10.1 Å². The summed E-state index contributed by atoms with van der Waals surface area (Å²) in [5.41, 5.74) is -4.94. The van der Waals surface area contributed by atoms with Gasteiger partial charge >= 0.3 is 135 Å². The Labute approximate surface area is 519 Å². The van der Waals surface area contributed by atoms with Gasteiger partial charge in [-0.1, -0.05) is 65.8 Å². The van der Waals surface area contributed by atoms with Crippen LogP contribution in [0.4, 0.5) is 45.5 Å². The van der Waals surface area contributed by atoms with Gasteiger partial charge in [0.1, 0.15) is 56.7 Å². The van der Waals surface area contributed by atoms with Crippen molar-refractivity contribution in [1.82, 2.24) is 0 Å². The van der Waals surface area contributed by atoms with Crippen molar-refractivity contribution in [2.75, 3.05) is 0 Å². The SMILES string of the molecule is O=S(=O)([O-])c1ccc([O-])c(N=Nc2ccc([O-])c(N=Nc3ccc(/C=C/c4ccc(N=Nc5ccc(N=Nc6ccccc6S(=O)(=O)[O-])c(S(=O)(=O)O)c5)cc4S(=O)(=O)[O-])c(S(=O)(=O)[O-])c3)c2[O-])c1.[Cu+2].[Na+].[Na+].[Na+].[Na+]. The third-order valence-electron chi connectivity index (χ3n) is 8.70. The molecule has 74 heavy (non-hydrogen) atoms. The summed E-state index contributed by atoms with van der Waals surface area (Å²) in [4.78, 5) is -4.42. The predicted octanol–water partition coefficient (Wildman–Crippen LogP) is -6.38. The summed E-state index contributed by atoms with van der Waals surface area (Å²) in [6, 6.07) is 16.7. The number of benzene rings is 6. The molecule has 6 aromatic carbocycles. The quantitative estimate of drug-likeness (QED) is 0.0432. The molecule has 36 heteroatoms. The zero-order valence-electron chi connectivity index (χ0n) is 37.9. The third-order valence-corrected chi connectivity index (χ3v) is 13.1. The minimum absolute atomic E-state index is 0. The number of rotatable bonds is 15. The van der Waals surface area contributed by atoms with Crippen LogP contribution in [0.5, 0.6) is 17.2 Å². The van der Waals surface area contributed by atoms with Crippen molar-refractivity contribution in [1.29, 1.82) is 0 Å². The van der Waals surface area contributed by atoms with E-state index in [0.717, 1.165) is 97.1 Å². The monoisotopic (exact) mass is 1190 g/mol. The molecule has 1 N–H and O–H groups in total. The molecule has 0 aliphatic heterocycles. The van der Waals surface area contributed by atoms with Crippen LogP contribution < -0.4 is 134 Å². The standard InChI is InChI=1S/C38H28N8O18S5.Cu.4Na/c47-31-15-12-26(65(50,51)52)20-30(31)45-44-29-14-16-32(48)37(38(29)49)46-41-24-10-8-22(35(18-24)68(59,60)61)6-5-21-7-9-23(17-34(21)67(56,57)58)39-40-25-11-13-28(36(19-25)69(62,63)64)43-42-27-3-1-2-4-33(27)66(53,54)55;;;;;/h1-20,47-49H,(H,50,51,52)(H,53,54,55)(H,56,57,58)(H,59,60,61)(H,62,63,64);;;;;/q;+2;4*+1/p-7/b6-5+,40-39?,43-42?,45-44?,46-41?;;;;;. The van der Waals surface area contributed by atoms with Crippen molar-refractivity contribution in [2.45, 2.75) is 24.5 Å². The molecule has 6 rings (SSSR count). The van der Waals surface area contributed by atoms with Crippen LogP contribution in [0.15, 0.2) is 175 Å². The molecule has 6 aromatic rings. The summed E-state index contributed by atoms with van der Waals surface area (Å²) < 4.78 is 177. The zero-order valence-corrected chi connectivity index (χ0v) is 50.9. The van der Waals surface area contributed by atoms with Crippen LogP contribution in [0.1, 0.15) is 11.1 Å². The minimum atomic E-state index is -5.38. The molecule has 0 atom stereocenters. The smallest absolute Gasteiger partial charge is 0.871 e.